The van der Waals surface area contributed by atoms with Gasteiger partial charge in [-0.15, -0.1) is 0 Å². The summed E-state index contributed by atoms with van der Waals surface area (Å²) in [6.07, 6.45) is 9.85. The van der Waals surface area contributed by atoms with E-state index < -0.39 is 0 Å². The average Bonchev–Trinajstić information content (AvgIpc) is 2.62. The first-order valence-corrected chi connectivity index (χ1v) is 8.68. The summed E-state index contributed by atoms with van der Waals surface area (Å²) in [7, 11) is 0. The van der Waals surface area contributed by atoms with Crippen LogP contribution in [0.2, 0.25) is 0 Å². The van der Waals surface area contributed by atoms with Gasteiger partial charge in [-0.05, 0) is 51.0 Å². The fourth-order valence-corrected chi connectivity index (χ4v) is 3.55. The minimum absolute atomic E-state index is 0.0761. The molecule has 0 aromatic carbocycles. The number of carbonyl (C=O) groups is 1. The molecule has 5 heteroatoms. The van der Waals surface area contributed by atoms with Gasteiger partial charge in [0, 0.05) is 31.9 Å². The molecule has 3 heterocycles. The summed E-state index contributed by atoms with van der Waals surface area (Å²) in [6, 6.07) is 2.13. The lowest BCUT2D eigenvalue weighted by Crippen LogP contribution is -2.43. The standard InChI is InChI=1S/C17H26N4O/c1-2-14-8-4-7-13-21(14)16(22)15-9-10-18-17(19-15)20-11-5-3-6-12-20/h9-10,14H,2-8,11-13H2,1H3. The number of aromatic nitrogens is 2. The molecule has 1 atom stereocenters. The number of amides is 1. The number of hydrogen-bond donors (Lipinski definition) is 0. The quantitative estimate of drug-likeness (QED) is 0.861. The van der Waals surface area contributed by atoms with Gasteiger partial charge in [0.05, 0.1) is 0 Å². The van der Waals surface area contributed by atoms with Crippen LogP contribution in [-0.2, 0) is 0 Å². The Bertz CT molecular complexity index is 513. The monoisotopic (exact) mass is 302 g/mol. The summed E-state index contributed by atoms with van der Waals surface area (Å²) >= 11 is 0. The summed E-state index contributed by atoms with van der Waals surface area (Å²) in [4.78, 5) is 26.0. The molecule has 120 valence electrons. The molecule has 1 aromatic rings. The van der Waals surface area contributed by atoms with E-state index in [1.54, 1.807) is 12.3 Å². The largest absolute Gasteiger partial charge is 0.341 e. The third kappa shape index (κ3) is 3.23. The fraction of sp³-hybridized carbons (Fsp3) is 0.706. The summed E-state index contributed by atoms with van der Waals surface area (Å²) < 4.78 is 0. The molecular weight excluding hydrogens is 276 g/mol. The zero-order chi connectivity index (χ0) is 15.4. The molecule has 2 aliphatic rings. The molecule has 22 heavy (non-hydrogen) atoms. The highest BCUT2D eigenvalue weighted by Gasteiger charge is 2.27. The van der Waals surface area contributed by atoms with Crippen molar-refractivity contribution in [2.75, 3.05) is 24.5 Å². The predicted molar refractivity (Wildman–Crippen MR) is 87.1 cm³/mol. The van der Waals surface area contributed by atoms with Gasteiger partial charge in [0.1, 0.15) is 5.69 Å². The van der Waals surface area contributed by atoms with E-state index in [-0.39, 0.29) is 5.91 Å². The van der Waals surface area contributed by atoms with Gasteiger partial charge in [-0.25, -0.2) is 9.97 Å². The van der Waals surface area contributed by atoms with Crippen LogP contribution < -0.4 is 4.90 Å². The SMILES string of the molecule is CCC1CCCCN1C(=O)c1ccnc(N2CCCCC2)n1. The molecule has 3 rings (SSSR count). The molecule has 2 fully saturated rings. The second kappa shape index (κ2) is 7.07. The van der Waals surface area contributed by atoms with Gasteiger partial charge in [-0.2, -0.15) is 0 Å². The van der Waals surface area contributed by atoms with Crippen LogP contribution in [0, 0.1) is 0 Å². The van der Waals surface area contributed by atoms with Crippen LogP contribution in [0.5, 0.6) is 0 Å². The molecule has 2 saturated heterocycles. The van der Waals surface area contributed by atoms with Gasteiger partial charge in [-0.1, -0.05) is 6.92 Å². The molecule has 1 amide bonds. The van der Waals surface area contributed by atoms with Crippen molar-refractivity contribution in [3.05, 3.63) is 18.0 Å². The Hall–Kier alpha value is -1.65. The predicted octanol–water partition coefficient (Wildman–Crippen LogP) is 2.87. The van der Waals surface area contributed by atoms with Crippen LogP contribution in [0.3, 0.4) is 0 Å². The van der Waals surface area contributed by atoms with Crippen molar-refractivity contribution in [1.82, 2.24) is 14.9 Å². The van der Waals surface area contributed by atoms with E-state index in [0.29, 0.717) is 11.7 Å². The maximum absolute atomic E-state index is 12.8. The molecule has 0 N–H and O–H groups in total. The maximum Gasteiger partial charge on any atom is 0.272 e. The average molecular weight is 302 g/mol. The first-order valence-electron chi connectivity index (χ1n) is 8.68. The Kier molecular flexibility index (Phi) is 4.90. The second-order valence-electron chi connectivity index (χ2n) is 6.35. The molecule has 5 nitrogen and oxygen atoms in total. The Morgan fingerprint density at radius 3 is 2.73 bits per heavy atom. The van der Waals surface area contributed by atoms with E-state index in [9.17, 15) is 4.79 Å². The number of hydrogen-bond acceptors (Lipinski definition) is 4. The minimum Gasteiger partial charge on any atom is -0.341 e. The van der Waals surface area contributed by atoms with Gasteiger partial charge >= 0.3 is 0 Å². The molecule has 0 spiro atoms. The lowest BCUT2D eigenvalue weighted by atomic mass is 9.99. The molecule has 0 saturated carbocycles. The second-order valence-corrected chi connectivity index (χ2v) is 6.35. The molecule has 2 aliphatic heterocycles. The number of anilines is 1. The van der Waals surface area contributed by atoms with Gasteiger partial charge in [-0.3, -0.25) is 4.79 Å². The number of nitrogens with zero attached hydrogens (tertiary/aromatic N) is 4. The van der Waals surface area contributed by atoms with Crippen molar-refractivity contribution in [2.24, 2.45) is 0 Å². The number of piperidine rings is 2. The topological polar surface area (TPSA) is 49.3 Å². The van der Waals surface area contributed by atoms with Crippen LogP contribution in [0.1, 0.15) is 62.4 Å². The fourth-order valence-electron chi connectivity index (χ4n) is 3.55. The van der Waals surface area contributed by atoms with E-state index in [4.69, 9.17) is 0 Å². The van der Waals surface area contributed by atoms with Crippen molar-refractivity contribution in [3.63, 3.8) is 0 Å². The zero-order valence-corrected chi connectivity index (χ0v) is 13.5. The van der Waals surface area contributed by atoms with Crippen LogP contribution >= 0.6 is 0 Å². The van der Waals surface area contributed by atoms with Crippen molar-refractivity contribution in [2.45, 2.75) is 57.9 Å². The van der Waals surface area contributed by atoms with E-state index >= 15 is 0 Å². The smallest absolute Gasteiger partial charge is 0.272 e. The zero-order valence-electron chi connectivity index (χ0n) is 13.5. The van der Waals surface area contributed by atoms with Crippen molar-refractivity contribution >= 4 is 11.9 Å². The summed E-state index contributed by atoms with van der Waals surface area (Å²) in [5, 5.41) is 0. The highest BCUT2D eigenvalue weighted by Crippen LogP contribution is 2.22. The molecular formula is C17H26N4O. The van der Waals surface area contributed by atoms with Gasteiger partial charge < -0.3 is 9.80 Å². The minimum atomic E-state index is 0.0761. The van der Waals surface area contributed by atoms with Crippen molar-refractivity contribution in [1.29, 1.82) is 0 Å². The highest BCUT2D eigenvalue weighted by molar-refractivity contribution is 5.92. The van der Waals surface area contributed by atoms with Crippen molar-refractivity contribution in [3.8, 4) is 0 Å². The normalized spacial score (nSPS) is 22.7. The lowest BCUT2D eigenvalue weighted by molar-refractivity contribution is 0.0602. The molecule has 0 bridgehead atoms. The van der Waals surface area contributed by atoms with E-state index in [2.05, 4.69) is 21.8 Å². The Morgan fingerprint density at radius 1 is 1.18 bits per heavy atom. The Morgan fingerprint density at radius 2 is 1.95 bits per heavy atom. The summed E-state index contributed by atoms with van der Waals surface area (Å²) in [6.45, 7) is 5.02. The summed E-state index contributed by atoms with van der Waals surface area (Å²) in [5.41, 5.74) is 0.552. The van der Waals surface area contributed by atoms with Crippen LogP contribution in [-0.4, -0.2) is 46.5 Å². The van der Waals surface area contributed by atoms with E-state index in [1.807, 2.05) is 4.90 Å². The van der Waals surface area contributed by atoms with Gasteiger partial charge in [0.2, 0.25) is 5.95 Å². The first kappa shape index (κ1) is 15.3. The lowest BCUT2D eigenvalue weighted by Gasteiger charge is -2.35. The van der Waals surface area contributed by atoms with Crippen LogP contribution in [0.25, 0.3) is 0 Å². The number of rotatable bonds is 3. The highest BCUT2D eigenvalue weighted by atomic mass is 16.2. The molecule has 1 unspecified atom stereocenters. The number of carbonyl (C=O) groups excluding carboxylic acids is 1. The van der Waals surface area contributed by atoms with Crippen molar-refractivity contribution < 1.29 is 4.79 Å². The Labute approximate surface area is 132 Å². The van der Waals surface area contributed by atoms with Crippen LogP contribution in [0.15, 0.2) is 12.3 Å². The van der Waals surface area contributed by atoms with Gasteiger partial charge in [0.15, 0.2) is 0 Å². The van der Waals surface area contributed by atoms with Crippen LogP contribution in [0.4, 0.5) is 5.95 Å². The summed E-state index contributed by atoms with van der Waals surface area (Å²) in [5.74, 6) is 0.794. The van der Waals surface area contributed by atoms with E-state index in [0.717, 1.165) is 44.8 Å². The van der Waals surface area contributed by atoms with E-state index in [1.165, 1.54) is 25.7 Å². The third-order valence-corrected chi connectivity index (χ3v) is 4.86. The number of likely N-dealkylation sites (tertiary alicyclic amines) is 1. The third-order valence-electron chi connectivity index (χ3n) is 4.86. The van der Waals surface area contributed by atoms with Gasteiger partial charge in [0.25, 0.3) is 5.91 Å². The molecule has 0 aliphatic carbocycles. The first-order chi connectivity index (χ1) is 10.8. The Balaban J connectivity index is 1.77. The molecule has 1 aromatic heterocycles. The molecule has 0 radical (unpaired) electrons. The maximum atomic E-state index is 12.8.